The first-order chi connectivity index (χ1) is 9.65. The van der Waals surface area contributed by atoms with E-state index in [2.05, 4.69) is 33.2 Å². The fraction of sp³-hybridized carbons (Fsp3) is 0.600. The highest BCUT2D eigenvalue weighted by molar-refractivity contribution is 9.10. The van der Waals surface area contributed by atoms with Gasteiger partial charge in [-0.05, 0) is 47.7 Å². The minimum absolute atomic E-state index is 0.0873. The van der Waals surface area contributed by atoms with Gasteiger partial charge in [0.15, 0.2) is 0 Å². The third-order valence-corrected chi connectivity index (χ3v) is 4.34. The maximum absolute atomic E-state index is 12.7. The summed E-state index contributed by atoms with van der Waals surface area (Å²) in [6.07, 6.45) is 5.15. The minimum Gasteiger partial charge on any atom is -0.370 e. The molecule has 0 bridgehead atoms. The Morgan fingerprint density at radius 3 is 2.75 bits per heavy atom. The maximum Gasteiger partial charge on any atom is 0.257 e. The van der Waals surface area contributed by atoms with Crippen molar-refractivity contribution in [2.45, 2.75) is 33.1 Å². The van der Waals surface area contributed by atoms with Gasteiger partial charge in [0, 0.05) is 30.3 Å². The molecule has 1 N–H and O–H groups in total. The van der Waals surface area contributed by atoms with E-state index in [1.54, 1.807) is 6.20 Å². The molecule has 0 atom stereocenters. The van der Waals surface area contributed by atoms with Gasteiger partial charge in [-0.2, -0.15) is 0 Å². The molecule has 1 fully saturated rings. The Labute approximate surface area is 129 Å². The average Bonchev–Trinajstić information content (AvgIpc) is 2.48. The molecule has 0 aromatic carbocycles. The number of hydrogen-bond donors (Lipinski definition) is 1. The molecule has 4 nitrogen and oxygen atoms in total. The summed E-state index contributed by atoms with van der Waals surface area (Å²) in [7, 11) is 0. The molecule has 110 valence electrons. The number of hydrogen-bond acceptors (Lipinski definition) is 3. The van der Waals surface area contributed by atoms with Crippen molar-refractivity contribution in [2.24, 2.45) is 5.92 Å². The zero-order chi connectivity index (χ0) is 14.5. The lowest BCUT2D eigenvalue weighted by molar-refractivity contribution is 0.0689. The summed E-state index contributed by atoms with van der Waals surface area (Å²) < 4.78 is 0.839. The monoisotopic (exact) mass is 339 g/mol. The van der Waals surface area contributed by atoms with Crippen molar-refractivity contribution in [3.8, 4) is 0 Å². The predicted octanol–water partition coefficient (Wildman–Crippen LogP) is 3.54. The fourth-order valence-electron chi connectivity index (χ4n) is 2.63. The van der Waals surface area contributed by atoms with E-state index in [-0.39, 0.29) is 5.91 Å². The van der Waals surface area contributed by atoms with Gasteiger partial charge in [0.2, 0.25) is 0 Å². The fourth-order valence-corrected chi connectivity index (χ4v) is 2.96. The van der Waals surface area contributed by atoms with Crippen molar-refractivity contribution < 1.29 is 4.79 Å². The Morgan fingerprint density at radius 1 is 1.45 bits per heavy atom. The van der Waals surface area contributed by atoms with Crippen molar-refractivity contribution >= 4 is 27.7 Å². The third kappa shape index (κ3) is 3.51. The number of carbonyl (C=O) groups excluding carboxylic acids is 1. The predicted molar refractivity (Wildman–Crippen MR) is 85.0 cm³/mol. The second-order valence-electron chi connectivity index (χ2n) is 5.22. The number of piperidine rings is 1. The van der Waals surface area contributed by atoms with Crippen LogP contribution in [0.2, 0.25) is 0 Å². The number of likely N-dealkylation sites (tertiary alicyclic amines) is 1. The molecule has 1 aliphatic heterocycles. The second kappa shape index (κ2) is 7.07. The van der Waals surface area contributed by atoms with Gasteiger partial charge < -0.3 is 10.2 Å². The van der Waals surface area contributed by atoms with Crippen LogP contribution >= 0.6 is 15.9 Å². The number of amides is 1. The molecule has 0 aliphatic carbocycles. The average molecular weight is 340 g/mol. The Bertz CT molecular complexity index is 470. The topological polar surface area (TPSA) is 45.2 Å². The van der Waals surface area contributed by atoms with Gasteiger partial charge in [-0.25, -0.2) is 4.98 Å². The normalized spacial score (nSPS) is 16.2. The third-order valence-electron chi connectivity index (χ3n) is 3.91. The summed E-state index contributed by atoms with van der Waals surface area (Å²) in [5.41, 5.74) is 0.663. The Hall–Kier alpha value is -1.10. The van der Waals surface area contributed by atoms with Crippen molar-refractivity contribution in [1.82, 2.24) is 9.88 Å². The van der Waals surface area contributed by atoms with E-state index >= 15 is 0 Å². The Balaban J connectivity index is 2.14. The SMILES string of the molecule is CCNc1ncc(Br)cc1C(=O)N1CCC(CC)CC1. The highest BCUT2D eigenvalue weighted by Crippen LogP contribution is 2.24. The Morgan fingerprint density at radius 2 is 2.15 bits per heavy atom. The summed E-state index contributed by atoms with van der Waals surface area (Å²) in [6.45, 7) is 6.70. The van der Waals surface area contributed by atoms with Crippen LogP contribution in [0.5, 0.6) is 0 Å². The van der Waals surface area contributed by atoms with Gasteiger partial charge in [0.1, 0.15) is 5.82 Å². The highest BCUT2D eigenvalue weighted by Gasteiger charge is 2.24. The van der Waals surface area contributed by atoms with Crippen molar-refractivity contribution in [1.29, 1.82) is 0 Å². The Kier molecular flexibility index (Phi) is 5.40. The highest BCUT2D eigenvalue weighted by atomic mass is 79.9. The summed E-state index contributed by atoms with van der Waals surface area (Å²) in [5.74, 6) is 1.54. The smallest absolute Gasteiger partial charge is 0.257 e. The van der Waals surface area contributed by atoms with E-state index < -0.39 is 0 Å². The minimum atomic E-state index is 0.0873. The van der Waals surface area contributed by atoms with Crippen LogP contribution in [0.15, 0.2) is 16.7 Å². The van der Waals surface area contributed by atoms with Crippen LogP contribution in [0.1, 0.15) is 43.5 Å². The van der Waals surface area contributed by atoms with Gasteiger partial charge in [0.25, 0.3) is 5.91 Å². The standard InChI is InChI=1S/C15H22BrN3O/c1-3-11-5-7-19(8-6-11)15(20)13-9-12(16)10-18-14(13)17-4-2/h9-11H,3-8H2,1-2H3,(H,17,18). The van der Waals surface area contributed by atoms with E-state index in [1.165, 1.54) is 6.42 Å². The molecule has 1 saturated heterocycles. The van der Waals surface area contributed by atoms with Crippen LogP contribution < -0.4 is 5.32 Å². The molecule has 5 heteroatoms. The molecule has 0 spiro atoms. The molecular formula is C15H22BrN3O. The molecule has 1 aromatic heterocycles. The van der Waals surface area contributed by atoms with Gasteiger partial charge in [-0.3, -0.25) is 4.79 Å². The van der Waals surface area contributed by atoms with E-state index in [4.69, 9.17) is 0 Å². The maximum atomic E-state index is 12.7. The zero-order valence-corrected chi connectivity index (χ0v) is 13.7. The van der Waals surface area contributed by atoms with Crippen molar-refractivity contribution in [3.05, 3.63) is 22.3 Å². The summed E-state index contributed by atoms with van der Waals surface area (Å²) in [5, 5.41) is 3.16. The lowest BCUT2D eigenvalue weighted by Crippen LogP contribution is -2.38. The van der Waals surface area contributed by atoms with Crippen LogP contribution in [-0.4, -0.2) is 35.4 Å². The lowest BCUT2D eigenvalue weighted by atomic mass is 9.94. The first-order valence-electron chi connectivity index (χ1n) is 7.34. The molecule has 1 aliphatic rings. The molecule has 0 radical (unpaired) electrons. The zero-order valence-electron chi connectivity index (χ0n) is 12.2. The van der Waals surface area contributed by atoms with Crippen LogP contribution in [-0.2, 0) is 0 Å². The molecule has 2 heterocycles. The lowest BCUT2D eigenvalue weighted by Gasteiger charge is -2.32. The number of aromatic nitrogens is 1. The molecule has 20 heavy (non-hydrogen) atoms. The van der Waals surface area contributed by atoms with Crippen LogP contribution in [0.4, 0.5) is 5.82 Å². The van der Waals surface area contributed by atoms with Gasteiger partial charge in [-0.1, -0.05) is 13.3 Å². The molecule has 1 amide bonds. The number of rotatable bonds is 4. The number of anilines is 1. The van der Waals surface area contributed by atoms with E-state index in [0.717, 1.165) is 42.9 Å². The first-order valence-corrected chi connectivity index (χ1v) is 8.13. The van der Waals surface area contributed by atoms with Crippen LogP contribution in [0, 0.1) is 5.92 Å². The molecular weight excluding hydrogens is 318 g/mol. The second-order valence-corrected chi connectivity index (χ2v) is 6.14. The van der Waals surface area contributed by atoms with E-state index in [0.29, 0.717) is 11.4 Å². The van der Waals surface area contributed by atoms with Crippen molar-refractivity contribution in [3.63, 3.8) is 0 Å². The molecule has 2 rings (SSSR count). The number of nitrogens with zero attached hydrogens (tertiary/aromatic N) is 2. The van der Waals surface area contributed by atoms with Crippen LogP contribution in [0.3, 0.4) is 0 Å². The molecule has 0 saturated carbocycles. The van der Waals surface area contributed by atoms with Gasteiger partial charge >= 0.3 is 0 Å². The summed E-state index contributed by atoms with van der Waals surface area (Å²) in [6, 6.07) is 1.86. The first kappa shape index (κ1) is 15.3. The summed E-state index contributed by atoms with van der Waals surface area (Å²) in [4.78, 5) is 18.9. The number of carbonyl (C=O) groups is 1. The number of pyridine rings is 1. The van der Waals surface area contributed by atoms with Gasteiger partial charge in [0.05, 0.1) is 5.56 Å². The number of halogens is 1. The van der Waals surface area contributed by atoms with E-state index in [9.17, 15) is 4.79 Å². The van der Waals surface area contributed by atoms with E-state index in [1.807, 2.05) is 17.9 Å². The van der Waals surface area contributed by atoms with Crippen LogP contribution in [0.25, 0.3) is 0 Å². The van der Waals surface area contributed by atoms with Gasteiger partial charge in [-0.15, -0.1) is 0 Å². The molecule has 1 aromatic rings. The quantitative estimate of drug-likeness (QED) is 0.912. The largest absolute Gasteiger partial charge is 0.370 e. The number of nitrogens with one attached hydrogen (secondary N) is 1. The molecule has 0 unspecified atom stereocenters. The van der Waals surface area contributed by atoms with Crippen molar-refractivity contribution in [2.75, 3.05) is 25.0 Å². The summed E-state index contributed by atoms with van der Waals surface area (Å²) >= 11 is 3.40.